The van der Waals surface area contributed by atoms with Crippen LogP contribution in [0.4, 0.5) is 14.5 Å². The highest BCUT2D eigenvalue weighted by Gasteiger charge is 2.19. The molecule has 0 unspecified atom stereocenters. The molecule has 0 atom stereocenters. The van der Waals surface area contributed by atoms with Gasteiger partial charge in [0.15, 0.2) is 5.11 Å². The number of H-pyrrole nitrogens is 1. The summed E-state index contributed by atoms with van der Waals surface area (Å²) in [5, 5.41) is 6.94. The van der Waals surface area contributed by atoms with Gasteiger partial charge in [0.1, 0.15) is 11.6 Å². The predicted octanol–water partition coefficient (Wildman–Crippen LogP) is 3.83. The Kier molecular flexibility index (Phi) is 8.61. The molecule has 1 aliphatic heterocycles. The number of nitrogens with zero attached hydrogens (tertiary/aromatic N) is 4. The molecule has 36 heavy (non-hydrogen) atoms. The highest BCUT2D eigenvalue weighted by atomic mass is 32.1. The number of halogens is 2. The summed E-state index contributed by atoms with van der Waals surface area (Å²) in [6.07, 6.45) is 3.26. The van der Waals surface area contributed by atoms with Crippen molar-refractivity contribution in [1.82, 2.24) is 19.6 Å². The van der Waals surface area contributed by atoms with Gasteiger partial charge < -0.3 is 10.2 Å². The molecule has 0 radical (unpaired) electrons. The smallest absolute Gasteiger partial charge is 0.280 e. The van der Waals surface area contributed by atoms with Crippen molar-refractivity contribution in [3.05, 3.63) is 81.8 Å². The van der Waals surface area contributed by atoms with E-state index in [2.05, 4.69) is 32.1 Å². The van der Waals surface area contributed by atoms with Crippen molar-refractivity contribution in [3.8, 4) is 5.69 Å². The Morgan fingerprint density at radius 1 is 1.06 bits per heavy atom. The zero-order valence-electron chi connectivity index (χ0n) is 20.2. The second-order valence-corrected chi connectivity index (χ2v) is 9.06. The van der Waals surface area contributed by atoms with Crippen LogP contribution < -0.4 is 10.9 Å². The number of rotatable bonds is 8. The lowest BCUT2D eigenvalue weighted by atomic mass is 10.2. The summed E-state index contributed by atoms with van der Waals surface area (Å²) in [6.45, 7) is 6.68. The van der Waals surface area contributed by atoms with E-state index in [0.29, 0.717) is 22.9 Å². The Hall–Kier alpha value is -3.37. The number of benzene rings is 2. The van der Waals surface area contributed by atoms with Crippen LogP contribution in [0, 0.1) is 11.6 Å². The minimum absolute atomic E-state index is 0.190. The van der Waals surface area contributed by atoms with Gasteiger partial charge in [0.05, 0.1) is 17.8 Å². The second kappa shape index (κ2) is 12.0. The molecular weight excluding hydrogens is 482 g/mol. The summed E-state index contributed by atoms with van der Waals surface area (Å²) in [5.41, 5.74) is 2.53. The lowest BCUT2D eigenvalue weighted by Gasteiger charge is -2.36. The van der Waals surface area contributed by atoms with Crippen LogP contribution in [0.5, 0.6) is 0 Å². The molecule has 3 aromatic rings. The van der Waals surface area contributed by atoms with E-state index in [4.69, 9.17) is 12.2 Å². The molecule has 1 aliphatic rings. The number of nitrogens with one attached hydrogen (secondary N) is 2. The summed E-state index contributed by atoms with van der Waals surface area (Å²) in [4.78, 5) is 21.9. The number of aromatic amines is 1. The van der Waals surface area contributed by atoms with Gasteiger partial charge in [0, 0.05) is 50.3 Å². The molecule has 1 fully saturated rings. The van der Waals surface area contributed by atoms with Crippen molar-refractivity contribution in [2.45, 2.75) is 19.8 Å². The molecule has 0 amide bonds. The molecule has 190 valence electrons. The van der Waals surface area contributed by atoms with Crippen LogP contribution in [0.15, 0.2) is 58.3 Å². The molecule has 0 bridgehead atoms. The fourth-order valence-electron chi connectivity index (χ4n) is 4.11. The van der Waals surface area contributed by atoms with E-state index in [1.54, 1.807) is 30.5 Å². The predicted molar refractivity (Wildman–Crippen MR) is 143 cm³/mol. The van der Waals surface area contributed by atoms with Crippen LogP contribution in [0.1, 0.15) is 24.6 Å². The summed E-state index contributed by atoms with van der Waals surface area (Å²) in [7, 11) is 0. The quantitative estimate of drug-likeness (QED) is 0.355. The second-order valence-electron chi connectivity index (χ2n) is 8.67. The number of aromatic nitrogens is 2. The van der Waals surface area contributed by atoms with Gasteiger partial charge in [-0.2, -0.15) is 0 Å². The van der Waals surface area contributed by atoms with Gasteiger partial charge in [-0.3, -0.25) is 19.8 Å². The van der Waals surface area contributed by atoms with Gasteiger partial charge in [-0.25, -0.2) is 13.5 Å². The van der Waals surface area contributed by atoms with E-state index < -0.39 is 0 Å². The zero-order valence-corrected chi connectivity index (χ0v) is 21.0. The number of piperazine rings is 1. The molecule has 7 nitrogen and oxygen atoms in total. The first kappa shape index (κ1) is 25.7. The number of anilines is 1. The van der Waals surface area contributed by atoms with Gasteiger partial charge in [-0.15, -0.1) is 0 Å². The molecule has 1 saturated heterocycles. The maximum atomic E-state index is 13.3. The Morgan fingerprint density at radius 3 is 2.33 bits per heavy atom. The van der Waals surface area contributed by atoms with Gasteiger partial charge >= 0.3 is 0 Å². The average Bonchev–Trinajstić information content (AvgIpc) is 3.19. The molecule has 10 heteroatoms. The van der Waals surface area contributed by atoms with Crippen LogP contribution in [0.2, 0.25) is 0 Å². The largest absolute Gasteiger partial charge is 0.346 e. The number of thiocarbonyl (C=S) groups is 1. The van der Waals surface area contributed by atoms with Gasteiger partial charge in [0.25, 0.3) is 5.56 Å². The van der Waals surface area contributed by atoms with Crippen LogP contribution in [-0.4, -0.2) is 70.2 Å². The van der Waals surface area contributed by atoms with E-state index in [0.717, 1.165) is 56.9 Å². The Bertz CT molecular complexity index is 1240. The average molecular weight is 513 g/mol. The van der Waals surface area contributed by atoms with Crippen LogP contribution in [-0.2, 0) is 6.42 Å². The van der Waals surface area contributed by atoms with E-state index in [9.17, 15) is 13.6 Å². The van der Waals surface area contributed by atoms with E-state index >= 15 is 0 Å². The van der Waals surface area contributed by atoms with Crippen LogP contribution in [0.25, 0.3) is 5.69 Å². The van der Waals surface area contributed by atoms with Crippen molar-refractivity contribution in [3.63, 3.8) is 0 Å². The van der Waals surface area contributed by atoms with E-state index in [1.165, 1.54) is 28.9 Å². The van der Waals surface area contributed by atoms with Crippen molar-refractivity contribution >= 4 is 29.2 Å². The summed E-state index contributed by atoms with van der Waals surface area (Å²) < 4.78 is 27.8. The molecule has 0 aliphatic carbocycles. The van der Waals surface area contributed by atoms with Gasteiger partial charge in [0.2, 0.25) is 0 Å². The standard InChI is InChI=1S/C26H30F2N6OS/c1-2-3-24-23(25(35)34(31-24)22-10-6-20(28)7-11-22)18-29-12-13-32-14-16-33(17-15-32)26(36)30-21-8-4-19(27)5-9-21/h4-11,18,31H,2-3,12-17H2,1H3,(H,30,36). The minimum atomic E-state index is -0.347. The van der Waals surface area contributed by atoms with Crippen molar-refractivity contribution in [2.75, 3.05) is 44.6 Å². The fourth-order valence-corrected chi connectivity index (χ4v) is 4.41. The zero-order chi connectivity index (χ0) is 25.5. The summed E-state index contributed by atoms with van der Waals surface area (Å²) in [5.74, 6) is -0.625. The third kappa shape index (κ3) is 6.44. The molecule has 1 aromatic heterocycles. The first-order valence-electron chi connectivity index (χ1n) is 12.1. The topological polar surface area (TPSA) is 68.7 Å². The third-order valence-electron chi connectivity index (χ3n) is 6.11. The number of aliphatic imine (C=N–C) groups is 1. The van der Waals surface area contributed by atoms with Crippen molar-refractivity contribution in [1.29, 1.82) is 0 Å². The Morgan fingerprint density at radius 2 is 1.69 bits per heavy atom. The number of aryl methyl sites for hydroxylation is 1. The molecule has 0 spiro atoms. The Balaban J connectivity index is 1.29. The number of hydrogen-bond acceptors (Lipinski definition) is 4. The Labute approximate surface area is 214 Å². The molecule has 2 heterocycles. The highest BCUT2D eigenvalue weighted by molar-refractivity contribution is 7.80. The maximum absolute atomic E-state index is 13.3. The SMILES string of the molecule is CCCc1[nH]n(-c2ccc(F)cc2)c(=O)c1C=NCCN1CCN(C(=S)Nc2ccc(F)cc2)CC1. The van der Waals surface area contributed by atoms with Gasteiger partial charge in [-0.05, 0) is 67.2 Å². The molecule has 4 rings (SSSR count). The normalized spacial score (nSPS) is 14.5. The fraction of sp³-hybridized carbons (Fsp3) is 0.346. The van der Waals surface area contributed by atoms with Crippen molar-refractivity contribution in [2.24, 2.45) is 4.99 Å². The first-order chi connectivity index (χ1) is 17.4. The maximum Gasteiger partial charge on any atom is 0.280 e. The molecule has 2 N–H and O–H groups in total. The third-order valence-corrected chi connectivity index (χ3v) is 6.47. The van der Waals surface area contributed by atoms with E-state index in [1.807, 2.05) is 0 Å². The summed E-state index contributed by atoms with van der Waals surface area (Å²) in [6, 6.07) is 12.0. The number of hydrogen-bond donors (Lipinski definition) is 2. The molecular formula is C26H30F2N6OS. The highest BCUT2D eigenvalue weighted by Crippen LogP contribution is 2.12. The molecule has 2 aromatic carbocycles. The lowest BCUT2D eigenvalue weighted by molar-refractivity contribution is 0.188. The van der Waals surface area contributed by atoms with Crippen LogP contribution in [0.3, 0.4) is 0 Å². The van der Waals surface area contributed by atoms with E-state index in [-0.39, 0.29) is 17.2 Å². The first-order valence-corrected chi connectivity index (χ1v) is 12.5. The lowest BCUT2D eigenvalue weighted by Crippen LogP contribution is -2.50. The minimum Gasteiger partial charge on any atom is -0.346 e. The monoisotopic (exact) mass is 512 g/mol. The van der Waals surface area contributed by atoms with Gasteiger partial charge in [-0.1, -0.05) is 13.3 Å². The summed E-state index contributed by atoms with van der Waals surface area (Å²) >= 11 is 5.50. The van der Waals surface area contributed by atoms with Crippen molar-refractivity contribution < 1.29 is 8.78 Å². The van der Waals surface area contributed by atoms with Crippen LogP contribution >= 0.6 is 12.2 Å². The molecule has 0 saturated carbocycles.